The van der Waals surface area contributed by atoms with E-state index in [1.807, 2.05) is 0 Å². The molecule has 6 heteroatoms. The maximum absolute atomic E-state index is 11.0. The summed E-state index contributed by atoms with van der Waals surface area (Å²) in [5, 5.41) is 14.2. The average molecular weight is 314 g/mol. The fraction of sp³-hybridized carbons (Fsp3) is 0.500. The van der Waals surface area contributed by atoms with Crippen molar-refractivity contribution in [2.45, 2.75) is 37.8 Å². The minimum absolute atomic E-state index is 0.0670. The zero-order valence-electron chi connectivity index (χ0n) is 9.93. The first kappa shape index (κ1) is 13.3. The highest BCUT2D eigenvalue weighted by atomic mass is 79.9. The van der Waals surface area contributed by atoms with Gasteiger partial charge in [0.15, 0.2) is 0 Å². The molecule has 0 amide bonds. The summed E-state index contributed by atoms with van der Waals surface area (Å²) in [5.41, 5.74) is 6.68. The molecule has 0 bridgehead atoms. The van der Waals surface area contributed by atoms with E-state index in [2.05, 4.69) is 21.2 Å². The normalized spacial score (nSPS) is 23.7. The van der Waals surface area contributed by atoms with E-state index in [-0.39, 0.29) is 22.7 Å². The zero-order valence-corrected chi connectivity index (χ0v) is 11.5. The van der Waals surface area contributed by atoms with Crippen LogP contribution in [0.4, 0.5) is 11.4 Å². The molecule has 1 aliphatic rings. The fourth-order valence-electron chi connectivity index (χ4n) is 2.32. The quantitative estimate of drug-likeness (QED) is 0.664. The summed E-state index contributed by atoms with van der Waals surface area (Å²) in [6, 6.07) is 5.09. The van der Waals surface area contributed by atoms with Gasteiger partial charge in [-0.2, -0.15) is 0 Å². The first-order chi connectivity index (χ1) is 8.58. The lowest BCUT2D eigenvalue weighted by Gasteiger charge is -2.30. The van der Waals surface area contributed by atoms with Gasteiger partial charge in [-0.25, -0.2) is 0 Å². The van der Waals surface area contributed by atoms with E-state index in [0.29, 0.717) is 5.69 Å². The summed E-state index contributed by atoms with van der Waals surface area (Å²) in [4.78, 5) is 10.6. The van der Waals surface area contributed by atoms with E-state index in [1.165, 1.54) is 6.07 Å². The third kappa shape index (κ3) is 3.00. The second kappa shape index (κ2) is 5.67. The molecule has 0 saturated heterocycles. The Bertz CT molecular complexity index is 453. The van der Waals surface area contributed by atoms with Crippen molar-refractivity contribution >= 4 is 27.3 Å². The van der Waals surface area contributed by atoms with Gasteiger partial charge in [0.2, 0.25) is 0 Å². The van der Waals surface area contributed by atoms with Gasteiger partial charge in [-0.15, -0.1) is 0 Å². The first-order valence-corrected chi connectivity index (χ1v) is 6.83. The zero-order chi connectivity index (χ0) is 13.1. The van der Waals surface area contributed by atoms with Crippen LogP contribution in [0.25, 0.3) is 0 Å². The van der Waals surface area contributed by atoms with Gasteiger partial charge in [0.1, 0.15) is 5.69 Å². The van der Waals surface area contributed by atoms with E-state index in [9.17, 15) is 10.1 Å². The molecule has 0 radical (unpaired) electrons. The van der Waals surface area contributed by atoms with Gasteiger partial charge < -0.3 is 11.1 Å². The van der Waals surface area contributed by atoms with Crippen molar-refractivity contribution in [2.24, 2.45) is 5.73 Å². The summed E-state index contributed by atoms with van der Waals surface area (Å²) in [6.07, 6.45) is 4.19. The van der Waals surface area contributed by atoms with Crippen LogP contribution in [0.15, 0.2) is 22.7 Å². The Hall–Kier alpha value is -1.14. The molecule has 2 atom stereocenters. The molecule has 1 aromatic rings. The number of hydrogen-bond donors (Lipinski definition) is 2. The molecule has 1 saturated carbocycles. The van der Waals surface area contributed by atoms with Crippen molar-refractivity contribution in [1.82, 2.24) is 0 Å². The van der Waals surface area contributed by atoms with Crippen molar-refractivity contribution in [1.29, 1.82) is 0 Å². The van der Waals surface area contributed by atoms with Gasteiger partial charge in [0.05, 0.1) is 4.92 Å². The van der Waals surface area contributed by atoms with Crippen molar-refractivity contribution in [3.8, 4) is 0 Å². The molecule has 0 unspecified atom stereocenters. The maximum Gasteiger partial charge on any atom is 0.292 e. The van der Waals surface area contributed by atoms with Gasteiger partial charge in [-0.3, -0.25) is 10.1 Å². The van der Waals surface area contributed by atoms with Gasteiger partial charge in [0, 0.05) is 22.6 Å². The summed E-state index contributed by atoms with van der Waals surface area (Å²) in [5.74, 6) is 0. The predicted octanol–water partition coefficient (Wildman–Crippen LogP) is 3.04. The summed E-state index contributed by atoms with van der Waals surface area (Å²) < 4.78 is 0.819. The average Bonchev–Trinajstić information content (AvgIpc) is 2.32. The molecular formula is C12H16BrN3O2. The summed E-state index contributed by atoms with van der Waals surface area (Å²) in [7, 11) is 0. The lowest BCUT2D eigenvalue weighted by atomic mass is 9.91. The number of rotatable bonds is 3. The maximum atomic E-state index is 11.0. The molecule has 0 aromatic heterocycles. The molecule has 18 heavy (non-hydrogen) atoms. The van der Waals surface area contributed by atoms with Crippen LogP contribution in [0.2, 0.25) is 0 Å². The van der Waals surface area contributed by atoms with Crippen LogP contribution in [0, 0.1) is 10.1 Å². The molecule has 1 fully saturated rings. The van der Waals surface area contributed by atoms with Crippen molar-refractivity contribution < 1.29 is 4.92 Å². The highest BCUT2D eigenvalue weighted by Gasteiger charge is 2.24. The smallest absolute Gasteiger partial charge is 0.292 e. The van der Waals surface area contributed by atoms with Gasteiger partial charge in [-0.05, 0) is 25.0 Å². The van der Waals surface area contributed by atoms with Crippen LogP contribution in [0.1, 0.15) is 25.7 Å². The SMILES string of the molecule is N[C@@H]1CCCC[C@H]1Nc1cc(Br)ccc1[N+](=O)[O-]. The largest absolute Gasteiger partial charge is 0.375 e. The molecule has 0 heterocycles. The Balaban J connectivity index is 2.21. The molecule has 5 nitrogen and oxygen atoms in total. The first-order valence-electron chi connectivity index (χ1n) is 6.04. The molecule has 1 aromatic carbocycles. The highest BCUT2D eigenvalue weighted by molar-refractivity contribution is 9.10. The van der Waals surface area contributed by atoms with Crippen molar-refractivity contribution in [3.63, 3.8) is 0 Å². The van der Waals surface area contributed by atoms with Gasteiger partial charge >= 0.3 is 0 Å². The Kier molecular flexibility index (Phi) is 4.19. The minimum atomic E-state index is -0.372. The summed E-state index contributed by atoms with van der Waals surface area (Å²) >= 11 is 3.33. The Morgan fingerprint density at radius 3 is 2.78 bits per heavy atom. The fourth-order valence-corrected chi connectivity index (χ4v) is 2.68. The number of halogens is 1. The van der Waals surface area contributed by atoms with E-state index in [0.717, 1.165) is 30.2 Å². The third-order valence-corrected chi connectivity index (χ3v) is 3.81. The number of nitro benzene ring substituents is 1. The van der Waals surface area contributed by atoms with E-state index in [4.69, 9.17) is 5.73 Å². The van der Waals surface area contributed by atoms with Gasteiger partial charge in [0.25, 0.3) is 5.69 Å². The van der Waals surface area contributed by atoms with Crippen LogP contribution < -0.4 is 11.1 Å². The lowest BCUT2D eigenvalue weighted by molar-refractivity contribution is -0.384. The number of nitrogens with two attached hydrogens (primary N) is 1. The van der Waals surface area contributed by atoms with Crippen LogP contribution >= 0.6 is 15.9 Å². The summed E-state index contributed by atoms with van der Waals surface area (Å²) in [6.45, 7) is 0. The Morgan fingerprint density at radius 2 is 2.11 bits per heavy atom. The molecule has 98 valence electrons. The Morgan fingerprint density at radius 1 is 1.39 bits per heavy atom. The van der Waals surface area contributed by atoms with Crippen LogP contribution in [0.5, 0.6) is 0 Å². The minimum Gasteiger partial charge on any atom is -0.375 e. The van der Waals surface area contributed by atoms with E-state index >= 15 is 0 Å². The number of benzene rings is 1. The van der Waals surface area contributed by atoms with Crippen LogP contribution in [0.3, 0.4) is 0 Å². The van der Waals surface area contributed by atoms with Crippen molar-refractivity contribution in [3.05, 3.63) is 32.8 Å². The number of nitro groups is 1. The topological polar surface area (TPSA) is 81.2 Å². The lowest BCUT2D eigenvalue weighted by Crippen LogP contribution is -2.42. The number of nitrogens with one attached hydrogen (secondary N) is 1. The van der Waals surface area contributed by atoms with E-state index in [1.54, 1.807) is 12.1 Å². The van der Waals surface area contributed by atoms with Gasteiger partial charge in [-0.1, -0.05) is 28.8 Å². The Labute approximate surface area is 114 Å². The molecular weight excluding hydrogens is 298 g/mol. The molecule has 0 spiro atoms. The van der Waals surface area contributed by atoms with Crippen molar-refractivity contribution in [2.75, 3.05) is 5.32 Å². The van der Waals surface area contributed by atoms with E-state index < -0.39 is 0 Å². The second-order valence-electron chi connectivity index (χ2n) is 4.62. The second-order valence-corrected chi connectivity index (χ2v) is 5.53. The van der Waals surface area contributed by atoms with Crippen LogP contribution in [-0.4, -0.2) is 17.0 Å². The molecule has 0 aliphatic heterocycles. The highest BCUT2D eigenvalue weighted by Crippen LogP contribution is 2.30. The number of anilines is 1. The monoisotopic (exact) mass is 313 g/mol. The molecule has 3 N–H and O–H groups in total. The molecule has 1 aliphatic carbocycles. The number of nitrogens with zero attached hydrogens (tertiary/aromatic N) is 1. The predicted molar refractivity (Wildman–Crippen MR) is 74.7 cm³/mol. The number of hydrogen-bond acceptors (Lipinski definition) is 4. The standard InChI is InChI=1S/C12H16BrN3O2/c13-8-5-6-12(16(17)18)11(7-8)15-10-4-2-1-3-9(10)14/h5-7,9-10,15H,1-4,14H2/t9-,10-/m1/s1. The molecule has 2 rings (SSSR count). The van der Waals surface area contributed by atoms with Crippen LogP contribution in [-0.2, 0) is 0 Å². The third-order valence-electron chi connectivity index (χ3n) is 3.32.